The van der Waals surface area contributed by atoms with Crippen LogP contribution in [0.5, 0.6) is 0 Å². The number of benzene rings is 1. The number of hydrogen-bond acceptors (Lipinski definition) is 4. The van der Waals surface area contributed by atoms with Gasteiger partial charge in [0.15, 0.2) is 0 Å². The van der Waals surface area contributed by atoms with Gasteiger partial charge in [-0.2, -0.15) is 5.26 Å². The summed E-state index contributed by atoms with van der Waals surface area (Å²) in [7, 11) is -2.32. The molecule has 0 radical (unpaired) electrons. The predicted molar refractivity (Wildman–Crippen MR) is 76.0 cm³/mol. The molecule has 7 heteroatoms. The number of nitriles is 1. The molecule has 0 aliphatic carbocycles. The van der Waals surface area contributed by atoms with Crippen molar-refractivity contribution in [3.8, 4) is 6.07 Å². The normalized spacial score (nSPS) is 10.8. The van der Waals surface area contributed by atoms with Crippen LogP contribution in [0.1, 0.15) is 5.56 Å². The SMILES string of the molecule is CN(c1cccc(C#N)c1)S(=O)(=O)c1ccnc(Cl)c1. The molecule has 102 valence electrons. The number of rotatable bonds is 3. The Balaban J connectivity index is 2.46. The van der Waals surface area contributed by atoms with Gasteiger partial charge in [0.1, 0.15) is 5.15 Å². The highest BCUT2D eigenvalue weighted by Crippen LogP contribution is 2.23. The van der Waals surface area contributed by atoms with Crippen LogP contribution in [0.4, 0.5) is 5.69 Å². The maximum atomic E-state index is 12.4. The highest BCUT2D eigenvalue weighted by atomic mass is 35.5. The van der Waals surface area contributed by atoms with E-state index in [1.54, 1.807) is 18.2 Å². The van der Waals surface area contributed by atoms with Gasteiger partial charge in [-0.3, -0.25) is 4.31 Å². The maximum Gasteiger partial charge on any atom is 0.264 e. The van der Waals surface area contributed by atoms with E-state index in [0.29, 0.717) is 11.3 Å². The van der Waals surface area contributed by atoms with Crippen LogP contribution < -0.4 is 4.31 Å². The summed E-state index contributed by atoms with van der Waals surface area (Å²) in [5.41, 5.74) is 0.786. The third kappa shape index (κ3) is 2.74. The largest absolute Gasteiger partial charge is 0.269 e. The quantitative estimate of drug-likeness (QED) is 0.816. The molecule has 0 aliphatic rings. The molecule has 0 saturated heterocycles. The molecular weight excluding hydrogens is 298 g/mol. The minimum Gasteiger partial charge on any atom is -0.269 e. The molecule has 0 bridgehead atoms. The van der Waals surface area contributed by atoms with E-state index in [1.165, 1.54) is 31.4 Å². The zero-order valence-corrected chi connectivity index (χ0v) is 12.1. The molecule has 5 nitrogen and oxygen atoms in total. The van der Waals surface area contributed by atoms with E-state index in [0.717, 1.165) is 4.31 Å². The monoisotopic (exact) mass is 307 g/mol. The summed E-state index contributed by atoms with van der Waals surface area (Å²) in [6, 6.07) is 11.0. The lowest BCUT2D eigenvalue weighted by molar-refractivity contribution is 0.594. The smallest absolute Gasteiger partial charge is 0.264 e. The standard InChI is InChI=1S/C13H10ClN3O2S/c1-17(11-4-2-3-10(7-11)9-15)20(18,19)12-5-6-16-13(14)8-12/h2-8H,1H3. The molecule has 1 aromatic heterocycles. The van der Waals surface area contributed by atoms with Gasteiger partial charge < -0.3 is 0 Å². The Morgan fingerprint density at radius 3 is 2.70 bits per heavy atom. The fourth-order valence-corrected chi connectivity index (χ4v) is 3.05. The van der Waals surface area contributed by atoms with Crippen molar-refractivity contribution in [3.05, 3.63) is 53.3 Å². The maximum absolute atomic E-state index is 12.4. The van der Waals surface area contributed by atoms with E-state index in [2.05, 4.69) is 4.98 Å². The van der Waals surface area contributed by atoms with Gasteiger partial charge in [-0.25, -0.2) is 13.4 Å². The van der Waals surface area contributed by atoms with Gasteiger partial charge in [0.05, 0.1) is 22.2 Å². The lowest BCUT2D eigenvalue weighted by Crippen LogP contribution is -2.26. The van der Waals surface area contributed by atoms with Gasteiger partial charge in [0.25, 0.3) is 10.0 Å². The van der Waals surface area contributed by atoms with E-state index >= 15 is 0 Å². The first kappa shape index (κ1) is 14.3. The van der Waals surface area contributed by atoms with Crippen LogP contribution in [0.25, 0.3) is 0 Å². The number of anilines is 1. The second-order valence-electron chi connectivity index (χ2n) is 3.95. The van der Waals surface area contributed by atoms with Crippen molar-refractivity contribution in [1.82, 2.24) is 4.98 Å². The third-order valence-electron chi connectivity index (χ3n) is 2.70. The fourth-order valence-electron chi connectivity index (χ4n) is 1.61. The Labute approximate surface area is 122 Å². The Bertz CT molecular complexity index is 784. The van der Waals surface area contributed by atoms with Gasteiger partial charge in [0, 0.05) is 13.2 Å². The second-order valence-corrected chi connectivity index (χ2v) is 6.31. The number of sulfonamides is 1. The van der Waals surface area contributed by atoms with Crippen LogP contribution in [0.15, 0.2) is 47.5 Å². The highest BCUT2D eigenvalue weighted by molar-refractivity contribution is 7.92. The topological polar surface area (TPSA) is 74.1 Å². The molecule has 0 aliphatic heterocycles. The molecule has 1 aromatic carbocycles. The Kier molecular flexibility index (Phi) is 3.93. The zero-order chi connectivity index (χ0) is 14.8. The number of aromatic nitrogens is 1. The van der Waals surface area contributed by atoms with Crippen molar-refractivity contribution in [2.75, 3.05) is 11.4 Å². The third-order valence-corrected chi connectivity index (χ3v) is 4.68. The highest BCUT2D eigenvalue weighted by Gasteiger charge is 2.21. The molecule has 0 atom stereocenters. The number of halogens is 1. The van der Waals surface area contributed by atoms with Crippen molar-refractivity contribution in [3.63, 3.8) is 0 Å². The molecule has 0 fully saturated rings. The first-order chi connectivity index (χ1) is 9.45. The van der Waals surface area contributed by atoms with Crippen LogP contribution in [0.2, 0.25) is 5.15 Å². The van der Waals surface area contributed by atoms with Crippen molar-refractivity contribution in [2.45, 2.75) is 4.90 Å². The van der Waals surface area contributed by atoms with Gasteiger partial charge in [-0.15, -0.1) is 0 Å². The van der Waals surface area contributed by atoms with Crippen molar-refractivity contribution in [1.29, 1.82) is 5.26 Å². The molecular formula is C13H10ClN3O2S. The van der Waals surface area contributed by atoms with Gasteiger partial charge >= 0.3 is 0 Å². The molecule has 0 unspecified atom stereocenters. The van der Waals surface area contributed by atoms with Crippen molar-refractivity contribution < 1.29 is 8.42 Å². The predicted octanol–water partition coefficient (Wildman–Crippen LogP) is 2.43. The first-order valence-electron chi connectivity index (χ1n) is 5.56. The Morgan fingerprint density at radius 1 is 1.30 bits per heavy atom. The van der Waals surface area contributed by atoms with Crippen LogP contribution >= 0.6 is 11.6 Å². The molecule has 0 saturated carbocycles. The van der Waals surface area contributed by atoms with Crippen molar-refractivity contribution in [2.24, 2.45) is 0 Å². The van der Waals surface area contributed by atoms with E-state index < -0.39 is 10.0 Å². The Hall–Kier alpha value is -2.10. The molecule has 20 heavy (non-hydrogen) atoms. The van der Waals surface area contributed by atoms with Gasteiger partial charge in [-0.05, 0) is 30.3 Å². The van der Waals surface area contributed by atoms with Gasteiger partial charge in [-0.1, -0.05) is 17.7 Å². The summed E-state index contributed by atoms with van der Waals surface area (Å²) in [6.07, 6.45) is 1.33. The molecule has 2 rings (SSSR count). The van der Waals surface area contributed by atoms with Crippen LogP contribution in [-0.4, -0.2) is 20.4 Å². The van der Waals surface area contributed by atoms with Crippen molar-refractivity contribution >= 4 is 27.3 Å². The summed E-state index contributed by atoms with van der Waals surface area (Å²) in [5, 5.41) is 8.96. The molecule has 0 amide bonds. The summed E-state index contributed by atoms with van der Waals surface area (Å²) < 4.78 is 26.0. The summed E-state index contributed by atoms with van der Waals surface area (Å²) in [6.45, 7) is 0. The lowest BCUT2D eigenvalue weighted by Gasteiger charge is -2.19. The molecule has 0 spiro atoms. The minimum atomic E-state index is -3.74. The molecule has 0 N–H and O–H groups in total. The lowest BCUT2D eigenvalue weighted by atomic mass is 10.2. The van der Waals surface area contributed by atoms with E-state index in [-0.39, 0.29) is 10.0 Å². The summed E-state index contributed by atoms with van der Waals surface area (Å²) >= 11 is 5.71. The van der Waals surface area contributed by atoms with E-state index in [4.69, 9.17) is 16.9 Å². The molecule has 2 aromatic rings. The Morgan fingerprint density at radius 2 is 2.05 bits per heavy atom. The number of pyridine rings is 1. The van der Waals surface area contributed by atoms with Crippen LogP contribution in [0.3, 0.4) is 0 Å². The molecule has 1 heterocycles. The van der Waals surface area contributed by atoms with Crippen LogP contribution in [0, 0.1) is 11.3 Å². The first-order valence-corrected chi connectivity index (χ1v) is 7.37. The van der Waals surface area contributed by atoms with Crippen LogP contribution in [-0.2, 0) is 10.0 Å². The number of hydrogen-bond donors (Lipinski definition) is 0. The fraction of sp³-hybridized carbons (Fsp3) is 0.0769. The summed E-state index contributed by atoms with van der Waals surface area (Å²) in [4.78, 5) is 3.80. The average molecular weight is 308 g/mol. The van der Waals surface area contributed by atoms with Gasteiger partial charge in [0.2, 0.25) is 0 Å². The van der Waals surface area contributed by atoms with E-state index in [1.807, 2.05) is 6.07 Å². The second kappa shape index (κ2) is 5.49. The minimum absolute atomic E-state index is 0.0439. The zero-order valence-electron chi connectivity index (χ0n) is 10.5. The summed E-state index contributed by atoms with van der Waals surface area (Å²) in [5.74, 6) is 0. The average Bonchev–Trinajstić information content (AvgIpc) is 2.46. The van der Waals surface area contributed by atoms with E-state index in [9.17, 15) is 8.42 Å². The number of nitrogens with zero attached hydrogens (tertiary/aromatic N) is 3.